The van der Waals surface area contributed by atoms with Gasteiger partial charge in [0.1, 0.15) is 5.60 Å². The monoisotopic (exact) mass is 575 g/mol. The highest BCUT2D eigenvalue weighted by Crippen LogP contribution is 2.60. The van der Waals surface area contributed by atoms with Crippen LogP contribution in [0.1, 0.15) is 97.0 Å². The normalized spacial score (nSPS) is 38.0. The number of benzene rings is 1. The third kappa shape index (κ3) is 6.49. The van der Waals surface area contributed by atoms with Gasteiger partial charge in [-0.15, -0.1) is 0 Å². The van der Waals surface area contributed by atoms with Crippen molar-refractivity contribution in [3.05, 3.63) is 71.3 Å². The highest BCUT2D eigenvalue weighted by Gasteiger charge is 2.53. The van der Waals surface area contributed by atoms with E-state index < -0.39 is 17.8 Å². The molecule has 4 fully saturated rings. The van der Waals surface area contributed by atoms with Crippen molar-refractivity contribution in [2.24, 2.45) is 23.2 Å². The summed E-state index contributed by atoms with van der Waals surface area (Å²) in [4.78, 5) is 15.2. The number of fused-ring (bicyclic) bond motifs is 1. The first-order chi connectivity index (χ1) is 20.0. The summed E-state index contributed by atoms with van der Waals surface area (Å²) in [6.07, 6.45) is 14.6. The highest BCUT2D eigenvalue weighted by atomic mass is 16.3. The molecule has 1 saturated heterocycles. The third-order valence-corrected chi connectivity index (χ3v) is 11.4. The molecule has 1 aromatic rings. The minimum absolute atomic E-state index is 0.0922. The lowest BCUT2D eigenvalue weighted by Crippen LogP contribution is -2.41. The second kappa shape index (κ2) is 12.8. The van der Waals surface area contributed by atoms with Crippen molar-refractivity contribution in [1.29, 1.82) is 0 Å². The number of aryl methyl sites for hydroxylation is 1. The molecule has 5 heteroatoms. The number of amides is 1. The van der Waals surface area contributed by atoms with Crippen LogP contribution in [0.15, 0.2) is 65.8 Å². The summed E-state index contributed by atoms with van der Waals surface area (Å²) in [5.41, 5.74) is 3.54. The molecule has 0 spiro atoms. The number of rotatable bonds is 9. The van der Waals surface area contributed by atoms with Crippen molar-refractivity contribution in [3.8, 4) is 0 Å². The van der Waals surface area contributed by atoms with E-state index in [1.54, 1.807) is 6.92 Å². The maximum absolute atomic E-state index is 13.2. The van der Waals surface area contributed by atoms with Crippen molar-refractivity contribution >= 4 is 5.91 Å². The Morgan fingerprint density at radius 3 is 2.64 bits per heavy atom. The molecular weight excluding hydrogens is 522 g/mol. The summed E-state index contributed by atoms with van der Waals surface area (Å²) in [6.45, 7) is 11.4. The average molecular weight is 576 g/mol. The second-order valence-electron chi connectivity index (χ2n) is 14.5. The average Bonchev–Trinajstić information content (AvgIpc) is 3.41. The molecule has 0 bridgehead atoms. The predicted octanol–water partition coefficient (Wildman–Crippen LogP) is 6.53. The number of unbranched alkanes of at least 4 members (excludes halogenated alkanes) is 1. The van der Waals surface area contributed by atoms with Crippen LogP contribution in [-0.2, 0) is 11.2 Å². The van der Waals surface area contributed by atoms with Gasteiger partial charge in [0.25, 0.3) is 5.91 Å². The Balaban J connectivity index is 1.23. The van der Waals surface area contributed by atoms with Crippen LogP contribution in [0, 0.1) is 23.2 Å². The van der Waals surface area contributed by atoms with E-state index in [4.69, 9.17) is 0 Å². The van der Waals surface area contributed by atoms with Crippen molar-refractivity contribution in [3.63, 3.8) is 0 Å². The third-order valence-electron chi connectivity index (χ3n) is 11.4. The van der Waals surface area contributed by atoms with E-state index in [0.29, 0.717) is 37.0 Å². The van der Waals surface area contributed by atoms with E-state index in [1.807, 2.05) is 11.0 Å². The fourth-order valence-electron chi connectivity index (χ4n) is 9.15. The Hall–Kier alpha value is -2.21. The van der Waals surface area contributed by atoms with Crippen LogP contribution in [0.4, 0.5) is 0 Å². The smallest absolute Gasteiger partial charge is 0.254 e. The van der Waals surface area contributed by atoms with Crippen LogP contribution in [0.2, 0.25) is 0 Å². The zero-order chi connectivity index (χ0) is 30.1. The van der Waals surface area contributed by atoms with Gasteiger partial charge in [0, 0.05) is 25.4 Å². The molecule has 3 N–H and O–H groups in total. The first-order valence-corrected chi connectivity index (χ1v) is 16.5. The summed E-state index contributed by atoms with van der Waals surface area (Å²) >= 11 is 0. The molecule has 1 aliphatic heterocycles. The molecule has 3 saturated carbocycles. The number of nitrogens with zero attached hydrogens (tertiary/aromatic N) is 1. The van der Waals surface area contributed by atoms with Gasteiger partial charge in [-0.3, -0.25) is 4.79 Å². The van der Waals surface area contributed by atoms with Crippen LogP contribution >= 0.6 is 0 Å². The molecule has 8 atom stereocenters. The van der Waals surface area contributed by atoms with Gasteiger partial charge in [0.05, 0.1) is 12.2 Å². The number of hydrogen-bond donors (Lipinski definition) is 3. The summed E-state index contributed by atoms with van der Waals surface area (Å²) < 4.78 is 0. The standard InChI is InChI=1S/C37H53NO4/c1-25(21-30-24-37(4,42)35(41)38(30)20-9-8-13-27-11-6-5-7-12-27)32-17-18-33-28(14-10-19-36(32,33)3)15-16-29-22-31(39)23-34(40)26(29)2/h5-7,11-12,15-16,25,30-34,39-40,42H,2,8-10,13-14,17-24H2,1,3-4H3/b28-15-,29-16+/t25-,30+,31-,32-,33+,34+,36-,37-/m1/s1. The zero-order valence-corrected chi connectivity index (χ0v) is 26.1. The number of aliphatic hydroxyl groups excluding tert-OH is 2. The molecule has 42 heavy (non-hydrogen) atoms. The maximum atomic E-state index is 13.2. The van der Waals surface area contributed by atoms with E-state index in [1.165, 1.54) is 36.8 Å². The van der Waals surface area contributed by atoms with Crippen molar-refractivity contribution in [2.75, 3.05) is 6.54 Å². The Kier molecular flexibility index (Phi) is 9.51. The lowest BCUT2D eigenvalue weighted by atomic mass is 9.60. The first-order valence-electron chi connectivity index (χ1n) is 16.5. The number of hydrogen-bond acceptors (Lipinski definition) is 4. The van der Waals surface area contributed by atoms with Gasteiger partial charge in [0.2, 0.25) is 0 Å². The van der Waals surface area contributed by atoms with Gasteiger partial charge >= 0.3 is 0 Å². The van der Waals surface area contributed by atoms with Gasteiger partial charge in [-0.2, -0.15) is 0 Å². The molecule has 3 aliphatic carbocycles. The van der Waals surface area contributed by atoms with E-state index in [9.17, 15) is 20.1 Å². The Morgan fingerprint density at radius 1 is 1.12 bits per heavy atom. The topological polar surface area (TPSA) is 81.0 Å². The lowest BCUT2D eigenvalue weighted by molar-refractivity contribution is -0.142. The quantitative estimate of drug-likeness (QED) is 0.293. The zero-order valence-electron chi connectivity index (χ0n) is 26.1. The minimum atomic E-state index is -1.26. The van der Waals surface area contributed by atoms with Crippen molar-refractivity contribution in [2.45, 2.75) is 122 Å². The molecule has 1 aromatic carbocycles. The molecule has 5 rings (SSSR count). The molecule has 230 valence electrons. The largest absolute Gasteiger partial charge is 0.393 e. The molecule has 1 heterocycles. The van der Waals surface area contributed by atoms with Crippen LogP contribution in [0.5, 0.6) is 0 Å². The molecule has 5 nitrogen and oxygen atoms in total. The number of allylic oxidation sites excluding steroid dienone is 3. The lowest BCUT2D eigenvalue weighted by Gasteiger charge is -2.45. The number of carbonyl (C=O) groups is 1. The maximum Gasteiger partial charge on any atom is 0.254 e. The van der Waals surface area contributed by atoms with Crippen LogP contribution in [0.25, 0.3) is 0 Å². The van der Waals surface area contributed by atoms with Crippen LogP contribution in [-0.4, -0.2) is 56.5 Å². The van der Waals surface area contributed by atoms with Crippen molar-refractivity contribution in [1.82, 2.24) is 4.90 Å². The van der Waals surface area contributed by atoms with Gasteiger partial charge in [-0.05, 0) is 111 Å². The Labute approximate surface area is 253 Å². The van der Waals surface area contributed by atoms with E-state index in [-0.39, 0.29) is 17.4 Å². The number of likely N-dealkylation sites (tertiary alicyclic amines) is 1. The summed E-state index contributed by atoms with van der Waals surface area (Å²) in [5, 5.41) is 31.4. The summed E-state index contributed by atoms with van der Waals surface area (Å²) in [6, 6.07) is 10.6. The fourth-order valence-corrected chi connectivity index (χ4v) is 9.15. The fraction of sp³-hybridized carbons (Fsp3) is 0.649. The Bertz CT molecular complexity index is 1190. The molecule has 0 radical (unpaired) electrons. The highest BCUT2D eigenvalue weighted by molar-refractivity contribution is 5.87. The van der Waals surface area contributed by atoms with Gasteiger partial charge in [-0.25, -0.2) is 0 Å². The van der Waals surface area contributed by atoms with Gasteiger partial charge in [-0.1, -0.05) is 68.5 Å². The van der Waals surface area contributed by atoms with Gasteiger partial charge < -0.3 is 20.2 Å². The van der Waals surface area contributed by atoms with Crippen molar-refractivity contribution < 1.29 is 20.1 Å². The SMILES string of the molecule is C=C1/C(=C/C=C2/CCC[C@]3(C)[C@@H]([C@H](C)C[C@H]4C[C@@](C)(O)C(=O)N4CCCCc4ccccc4)CC[C@@H]23)C[C@@H](O)C[C@@H]1O. The minimum Gasteiger partial charge on any atom is -0.393 e. The van der Waals surface area contributed by atoms with Crippen LogP contribution in [0.3, 0.4) is 0 Å². The van der Waals surface area contributed by atoms with E-state index in [2.05, 4.69) is 56.8 Å². The van der Waals surface area contributed by atoms with Gasteiger partial charge in [0.15, 0.2) is 0 Å². The first kappa shape index (κ1) is 31.2. The summed E-state index contributed by atoms with van der Waals surface area (Å²) in [5.74, 6) is 1.52. The molecule has 0 aromatic heterocycles. The molecule has 4 aliphatic rings. The summed E-state index contributed by atoms with van der Waals surface area (Å²) in [7, 11) is 0. The number of carbonyl (C=O) groups excluding carboxylic acids is 1. The van der Waals surface area contributed by atoms with Crippen LogP contribution < -0.4 is 0 Å². The molecular formula is C37H53NO4. The second-order valence-corrected chi connectivity index (χ2v) is 14.5. The number of aliphatic hydroxyl groups is 3. The molecule has 1 amide bonds. The Morgan fingerprint density at radius 2 is 1.88 bits per heavy atom. The van der Waals surface area contributed by atoms with E-state index >= 15 is 0 Å². The molecule has 0 unspecified atom stereocenters. The van der Waals surface area contributed by atoms with E-state index in [0.717, 1.165) is 49.8 Å². The predicted molar refractivity (Wildman–Crippen MR) is 169 cm³/mol.